The van der Waals surface area contributed by atoms with Crippen molar-refractivity contribution in [3.8, 4) is 0 Å². The fourth-order valence-corrected chi connectivity index (χ4v) is 1.51. The second-order valence-electron chi connectivity index (χ2n) is 4.62. The molecule has 6 heteroatoms. The van der Waals surface area contributed by atoms with E-state index in [2.05, 4.69) is 5.32 Å². The number of amides is 1. The summed E-state index contributed by atoms with van der Waals surface area (Å²) in [4.78, 5) is 11.2. The Kier molecular flexibility index (Phi) is 10.8. The molecule has 1 unspecified atom stereocenters. The first kappa shape index (κ1) is 18.3. The lowest BCUT2D eigenvalue weighted by Gasteiger charge is -2.25. The van der Waals surface area contributed by atoms with E-state index in [0.29, 0.717) is 39.5 Å². The molecule has 0 rings (SSSR count). The highest BCUT2D eigenvalue weighted by molar-refractivity contribution is 5.84. The first-order valence-electron chi connectivity index (χ1n) is 6.70. The Morgan fingerprint density at radius 3 is 2.21 bits per heavy atom. The number of carbonyl (C=O) groups excluding carboxylic acids is 1. The Morgan fingerprint density at radius 1 is 1.11 bits per heavy atom. The van der Waals surface area contributed by atoms with Gasteiger partial charge in [0.1, 0.15) is 0 Å². The number of nitrogens with two attached hydrogens (primary N) is 1. The maximum Gasteiger partial charge on any atom is 0.237 e. The topological polar surface area (TPSA) is 82.8 Å². The van der Waals surface area contributed by atoms with E-state index in [1.165, 1.54) is 0 Å². The summed E-state index contributed by atoms with van der Waals surface area (Å²) >= 11 is 0. The smallest absolute Gasteiger partial charge is 0.237 e. The van der Waals surface area contributed by atoms with Crippen molar-refractivity contribution in [1.29, 1.82) is 0 Å². The van der Waals surface area contributed by atoms with Gasteiger partial charge in [-0.3, -0.25) is 4.79 Å². The molecule has 114 valence electrons. The highest BCUT2D eigenvalue weighted by Crippen LogP contribution is 2.11. The first-order valence-corrected chi connectivity index (χ1v) is 6.70. The average Bonchev–Trinajstić information content (AvgIpc) is 2.40. The molecule has 0 bridgehead atoms. The molecule has 19 heavy (non-hydrogen) atoms. The minimum atomic E-state index is -0.646. The van der Waals surface area contributed by atoms with Crippen LogP contribution in [0.15, 0.2) is 0 Å². The van der Waals surface area contributed by atoms with E-state index in [-0.39, 0.29) is 5.91 Å². The molecule has 1 amide bonds. The summed E-state index contributed by atoms with van der Waals surface area (Å²) in [6.07, 6.45) is 2.33. The van der Waals surface area contributed by atoms with Gasteiger partial charge in [0.15, 0.2) is 0 Å². The van der Waals surface area contributed by atoms with Crippen molar-refractivity contribution in [2.75, 3.05) is 47.2 Å². The van der Waals surface area contributed by atoms with Crippen LogP contribution in [0.4, 0.5) is 0 Å². The molecular formula is C13H28N2O4. The van der Waals surface area contributed by atoms with Gasteiger partial charge in [0.05, 0.1) is 18.8 Å². The highest BCUT2D eigenvalue weighted by atomic mass is 16.5. The number of likely N-dealkylation sites (N-methyl/N-ethyl adjacent to an activating group) is 1. The summed E-state index contributed by atoms with van der Waals surface area (Å²) in [6, 6.07) is 0. The third-order valence-corrected chi connectivity index (χ3v) is 3.07. The molecule has 0 radical (unpaired) electrons. The maximum atomic E-state index is 11.2. The van der Waals surface area contributed by atoms with Crippen molar-refractivity contribution < 1.29 is 19.0 Å². The summed E-state index contributed by atoms with van der Waals surface area (Å²) < 4.78 is 15.6. The minimum absolute atomic E-state index is 0.332. The van der Waals surface area contributed by atoms with Crippen molar-refractivity contribution in [2.45, 2.75) is 31.7 Å². The van der Waals surface area contributed by atoms with Crippen LogP contribution in [0, 0.1) is 0 Å². The number of hydrogen-bond acceptors (Lipinski definition) is 5. The molecule has 0 saturated carbocycles. The molecule has 0 aromatic heterocycles. The van der Waals surface area contributed by atoms with Gasteiger partial charge in [0, 0.05) is 26.9 Å². The van der Waals surface area contributed by atoms with Crippen LogP contribution in [0.3, 0.4) is 0 Å². The second-order valence-corrected chi connectivity index (χ2v) is 4.62. The maximum absolute atomic E-state index is 11.2. The van der Waals surface area contributed by atoms with Crippen molar-refractivity contribution >= 4 is 5.91 Å². The molecule has 3 N–H and O–H groups in total. The van der Waals surface area contributed by atoms with E-state index in [9.17, 15) is 4.79 Å². The quantitative estimate of drug-likeness (QED) is 0.473. The summed E-state index contributed by atoms with van der Waals surface area (Å²) in [5.74, 6) is -0.332. The number of carbonyl (C=O) groups is 1. The number of ether oxygens (including phenoxy) is 3. The Balaban J connectivity index is 3.38. The van der Waals surface area contributed by atoms with E-state index in [4.69, 9.17) is 19.9 Å². The number of primary amides is 1. The van der Waals surface area contributed by atoms with Crippen LogP contribution in [0.5, 0.6) is 0 Å². The lowest BCUT2D eigenvalue weighted by molar-refractivity contribution is -0.124. The van der Waals surface area contributed by atoms with Crippen LogP contribution < -0.4 is 11.1 Å². The molecule has 0 aliphatic rings. The van der Waals surface area contributed by atoms with Crippen molar-refractivity contribution in [3.63, 3.8) is 0 Å². The van der Waals surface area contributed by atoms with Crippen molar-refractivity contribution in [1.82, 2.24) is 5.32 Å². The summed E-state index contributed by atoms with van der Waals surface area (Å²) in [7, 11) is 3.39. The van der Waals surface area contributed by atoms with Crippen molar-refractivity contribution in [2.24, 2.45) is 5.73 Å². The van der Waals surface area contributed by atoms with Crippen LogP contribution in [0.25, 0.3) is 0 Å². The molecule has 0 aliphatic carbocycles. The lowest BCUT2D eigenvalue weighted by Crippen LogP contribution is -2.51. The molecule has 0 spiro atoms. The number of hydrogen-bond donors (Lipinski definition) is 2. The fourth-order valence-electron chi connectivity index (χ4n) is 1.51. The van der Waals surface area contributed by atoms with E-state index < -0.39 is 5.54 Å². The molecule has 0 aromatic carbocycles. The molecule has 0 aliphatic heterocycles. The SMILES string of the molecule is CNC(C)(CCCOCCCOCCOC)C(N)=O. The zero-order valence-electron chi connectivity index (χ0n) is 12.4. The first-order chi connectivity index (χ1) is 9.06. The fraction of sp³-hybridized carbons (Fsp3) is 0.923. The zero-order chi connectivity index (χ0) is 14.6. The molecule has 0 saturated heterocycles. The van der Waals surface area contributed by atoms with Gasteiger partial charge in [-0.25, -0.2) is 0 Å². The molecule has 0 aromatic rings. The van der Waals surface area contributed by atoms with Gasteiger partial charge in [0.25, 0.3) is 0 Å². The van der Waals surface area contributed by atoms with Gasteiger partial charge in [-0.1, -0.05) is 0 Å². The molecule has 6 nitrogen and oxygen atoms in total. The van der Waals surface area contributed by atoms with E-state index in [1.54, 1.807) is 21.1 Å². The highest BCUT2D eigenvalue weighted by Gasteiger charge is 2.27. The predicted octanol–water partition coefficient (Wildman–Crippen LogP) is 0.300. The lowest BCUT2D eigenvalue weighted by atomic mass is 9.95. The third kappa shape index (κ3) is 8.93. The van der Waals surface area contributed by atoms with E-state index >= 15 is 0 Å². The summed E-state index contributed by atoms with van der Waals surface area (Å²) in [6.45, 7) is 5.02. The van der Waals surface area contributed by atoms with Crippen molar-refractivity contribution in [3.05, 3.63) is 0 Å². The third-order valence-electron chi connectivity index (χ3n) is 3.07. The molecule has 0 fully saturated rings. The zero-order valence-corrected chi connectivity index (χ0v) is 12.4. The van der Waals surface area contributed by atoms with Gasteiger partial charge in [0.2, 0.25) is 5.91 Å². The average molecular weight is 276 g/mol. The molecule has 1 atom stereocenters. The standard InChI is InChI=1S/C13H28N2O4/c1-13(15-2,12(14)16)6-4-7-18-8-5-9-19-11-10-17-3/h15H,4-11H2,1-3H3,(H2,14,16). The summed E-state index contributed by atoms with van der Waals surface area (Å²) in [5, 5.41) is 2.95. The number of rotatable bonds is 13. The largest absolute Gasteiger partial charge is 0.382 e. The summed E-state index contributed by atoms with van der Waals surface area (Å²) in [5.41, 5.74) is 4.69. The van der Waals surface area contributed by atoms with Crippen LogP contribution in [-0.2, 0) is 19.0 Å². The second kappa shape index (κ2) is 11.2. The van der Waals surface area contributed by atoms with E-state index in [1.807, 2.05) is 0 Å². The van der Waals surface area contributed by atoms with Crippen LogP contribution in [0.2, 0.25) is 0 Å². The van der Waals surface area contributed by atoms with Gasteiger partial charge in [-0.15, -0.1) is 0 Å². The number of nitrogens with one attached hydrogen (secondary N) is 1. The van der Waals surface area contributed by atoms with Crippen LogP contribution in [0.1, 0.15) is 26.2 Å². The Bertz CT molecular complexity index is 239. The van der Waals surface area contributed by atoms with Gasteiger partial charge in [-0.2, -0.15) is 0 Å². The predicted molar refractivity (Wildman–Crippen MR) is 74.0 cm³/mol. The Hall–Kier alpha value is -0.690. The normalized spacial score (nSPS) is 14.3. The Labute approximate surface area is 116 Å². The van der Waals surface area contributed by atoms with Gasteiger partial charge >= 0.3 is 0 Å². The van der Waals surface area contributed by atoms with Crippen LogP contribution >= 0.6 is 0 Å². The van der Waals surface area contributed by atoms with E-state index in [0.717, 1.165) is 12.8 Å². The van der Waals surface area contributed by atoms with Gasteiger partial charge < -0.3 is 25.3 Å². The monoisotopic (exact) mass is 276 g/mol. The van der Waals surface area contributed by atoms with Crippen LogP contribution in [-0.4, -0.2) is 58.6 Å². The Morgan fingerprint density at radius 2 is 1.68 bits per heavy atom. The van der Waals surface area contributed by atoms with Gasteiger partial charge in [-0.05, 0) is 33.2 Å². The minimum Gasteiger partial charge on any atom is -0.382 e. The molecular weight excluding hydrogens is 248 g/mol. The molecule has 0 heterocycles. The number of methoxy groups -OCH3 is 1.